The molecule has 8 heteroatoms. The highest BCUT2D eigenvalue weighted by Gasteiger charge is 2.35. The predicted molar refractivity (Wildman–Crippen MR) is 122 cm³/mol. The molecule has 4 nitrogen and oxygen atoms in total. The van der Waals surface area contributed by atoms with Gasteiger partial charge in [0.15, 0.2) is 0 Å². The van der Waals surface area contributed by atoms with Gasteiger partial charge in [-0.25, -0.2) is 0 Å². The summed E-state index contributed by atoms with van der Waals surface area (Å²) in [5.41, 5.74) is 1.62. The molecule has 2 aromatic rings. The Balaban J connectivity index is 1.72. The average Bonchev–Trinajstić information content (AvgIpc) is 2.89. The van der Waals surface area contributed by atoms with Crippen LogP contribution in [-0.2, 0) is 11.4 Å². The molecular formula is C21H18BrCl2NO3S. The van der Waals surface area contributed by atoms with Crippen LogP contribution in [0.5, 0.6) is 5.75 Å². The number of imide groups is 1. The summed E-state index contributed by atoms with van der Waals surface area (Å²) in [5.74, 6) is 0.617. The van der Waals surface area contributed by atoms with E-state index in [1.54, 1.807) is 24.3 Å². The van der Waals surface area contributed by atoms with E-state index in [4.69, 9.17) is 27.9 Å². The number of nitrogens with zero attached hydrogens (tertiary/aromatic N) is 1. The predicted octanol–water partition coefficient (Wildman–Crippen LogP) is 7.03. The van der Waals surface area contributed by atoms with Crippen LogP contribution in [0.1, 0.15) is 25.0 Å². The third kappa shape index (κ3) is 5.57. The largest absolute Gasteiger partial charge is 0.488 e. The van der Waals surface area contributed by atoms with Crippen molar-refractivity contribution >= 4 is 68.1 Å². The highest BCUT2D eigenvalue weighted by Crippen LogP contribution is 2.34. The number of amides is 2. The number of hydrogen-bond donors (Lipinski definition) is 0. The molecule has 0 N–H and O–H groups in total. The first kappa shape index (κ1) is 22.2. The number of hydrogen-bond acceptors (Lipinski definition) is 4. The third-order valence-corrected chi connectivity index (χ3v) is 6.19. The Hall–Kier alpha value is -1.47. The average molecular weight is 515 g/mol. The molecule has 29 heavy (non-hydrogen) atoms. The Morgan fingerprint density at radius 1 is 1.17 bits per heavy atom. The van der Waals surface area contributed by atoms with Crippen LogP contribution in [0, 0.1) is 5.92 Å². The van der Waals surface area contributed by atoms with E-state index in [1.165, 1.54) is 4.90 Å². The van der Waals surface area contributed by atoms with E-state index in [2.05, 4.69) is 15.9 Å². The minimum atomic E-state index is -0.248. The number of benzene rings is 2. The van der Waals surface area contributed by atoms with Crippen molar-refractivity contribution in [3.63, 3.8) is 0 Å². The zero-order valence-electron chi connectivity index (χ0n) is 15.7. The maximum absolute atomic E-state index is 12.5. The Kier molecular flexibility index (Phi) is 7.32. The van der Waals surface area contributed by atoms with E-state index in [0.29, 0.717) is 33.9 Å². The molecule has 3 rings (SSSR count). The Labute approximate surface area is 192 Å². The van der Waals surface area contributed by atoms with Crippen molar-refractivity contribution in [2.75, 3.05) is 6.54 Å². The quantitative estimate of drug-likeness (QED) is 0.388. The van der Waals surface area contributed by atoms with E-state index in [-0.39, 0.29) is 17.1 Å². The molecule has 1 saturated heterocycles. The normalized spacial score (nSPS) is 15.7. The number of halogens is 3. The molecule has 1 heterocycles. The maximum atomic E-state index is 12.5. The molecule has 0 atom stereocenters. The topological polar surface area (TPSA) is 46.6 Å². The molecule has 2 amide bonds. The molecule has 0 saturated carbocycles. The van der Waals surface area contributed by atoms with Crippen LogP contribution in [0.25, 0.3) is 6.08 Å². The fraction of sp³-hybridized carbons (Fsp3) is 0.238. The summed E-state index contributed by atoms with van der Waals surface area (Å²) < 4.78 is 6.57. The van der Waals surface area contributed by atoms with Gasteiger partial charge in [0.05, 0.1) is 9.38 Å². The van der Waals surface area contributed by atoms with E-state index >= 15 is 0 Å². The monoisotopic (exact) mass is 513 g/mol. The lowest BCUT2D eigenvalue weighted by Crippen LogP contribution is -2.31. The van der Waals surface area contributed by atoms with Crippen molar-refractivity contribution in [1.29, 1.82) is 0 Å². The molecule has 0 radical (unpaired) electrons. The zero-order chi connectivity index (χ0) is 21.1. The molecule has 1 aliphatic heterocycles. The summed E-state index contributed by atoms with van der Waals surface area (Å²) in [5, 5.41) is 0.887. The first-order valence-corrected chi connectivity index (χ1v) is 11.2. The Morgan fingerprint density at radius 2 is 1.93 bits per heavy atom. The number of rotatable bonds is 6. The van der Waals surface area contributed by atoms with E-state index in [9.17, 15) is 9.59 Å². The SMILES string of the molecule is CC(C)CN1C(=O)S/C(=C\c2ccc(OCc3ccc(Cl)cc3Cl)c(Br)c2)C1=O. The minimum absolute atomic E-state index is 0.225. The zero-order valence-corrected chi connectivity index (χ0v) is 19.7. The molecular weight excluding hydrogens is 497 g/mol. The van der Waals surface area contributed by atoms with Crippen molar-refractivity contribution in [3.8, 4) is 5.75 Å². The number of thioether (sulfide) groups is 1. The summed E-state index contributed by atoms with van der Waals surface area (Å²) in [6.07, 6.45) is 1.72. The highest BCUT2D eigenvalue weighted by atomic mass is 79.9. The molecule has 1 fully saturated rings. The molecule has 152 valence electrons. The molecule has 0 unspecified atom stereocenters. The van der Waals surface area contributed by atoms with E-state index in [1.807, 2.05) is 32.0 Å². The lowest BCUT2D eigenvalue weighted by atomic mass is 10.2. The van der Waals surface area contributed by atoms with Gasteiger partial charge in [0.25, 0.3) is 11.1 Å². The highest BCUT2D eigenvalue weighted by molar-refractivity contribution is 9.10. The fourth-order valence-electron chi connectivity index (χ4n) is 2.69. The lowest BCUT2D eigenvalue weighted by molar-refractivity contribution is -0.123. The first-order chi connectivity index (χ1) is 13.7. The van der Waals surface area contributed by atoms with Gasteiger partial charge in [-0.2, -0.15) is 0 Å². The summed E-state index contributed by atoms with van der Waals surface area (Å²) in [6.45, 7) is 4.66. The van der Waals surface area contributed by atoms with Gasteiger partial charge < -0.3 is 4.74 Å². The van der Waals surface area contributed by atoms with Gasteiger partial charge in [-0.3, -0.25) is 14.5 Å². The van der Waals surface area contributed by atoms with Crippen molar-refractivity contribution < 1.29 is 14.3 Å². The summed E-state index contributed by atoms with van der Waals surface area (Å²) >= 11 is 16.5. The van der Waals surface area contributed by atoms with Crippen molar-refractivity contribution in [2.45, 2.75) is 20.5 Å². The number of carbonyl (C=O) groups is 2. The third-order valence-electron chi connectivity index (χ3n) is 4.07. The van der Waals surface area contributed by atoms with Gasteiger partial charge in [-0.15, -0.1) is 0 Å². The fourth-order valence-corrected chi connectivity index (χ4v) is 4.51. The second kappa shape index (κ2) is 9.56. The standard InChI is InChI=1S/C21H18BrCl2NO3S/c1-12(2)10-25-20(26)19(29-21(25)27)8-13-3-6-18(16(22)7-13)28-11-14-4-5-15(23)9-17(14)24/h3-9,12H,10-11H2,1-2H3/b19-8-. The van der Waals surface area contributed by atoms with Crippen LogP contribution in [0.4, 0.5) is 4.79 Å². The van der Waals surface area contributed by atoms with Crippen LogP contribution in [0.2, 0.25) is 10.0 Å². The molecule has 0 bridgehead atoms. The van der Waals surface area contributed by atoms with Gasteiger partial charge in [-0.1, -0.05) is 49.2 Å². The van der Waals surface area contributed by atoms with E-state index in [0.717, 1.165) is 27.4 Å². The minimum Gasteiger partial charge on any atom is -0.488 e. The van der Waals surface area contributed by atoms with E-state index < -0.39 is 0 Å². The Bertz CT molecular complexity index is 994. The van der Waals surface area contributed by atoms with Crippen LogP contribution in [-0.4, -0.2) is 22.6 Å². The molecule has 1 aliphatic rings. The van der Waals surface area contributed by atoms with Crippen molar-refractivity contribution in [2.24, 2.45) is 5.92 Å². The van der Waals surface area contributed by atoms with Crippen LogP contribution < -0.4 is 4.74 Å². The van der Waals surface area contributed by atoms with Gasteiger partial charge in [0, 0.05) is 22.2 Å². The molecule has 0 spiro atoms. The van der Waals surface area contributed by atoms with Crippen LogP contribution in [0.15, 0.2) is 45.8 Å². The summed E-state index contributed by atoms with van der Waals surface area (Å²) in [4.78, 5) is 26.3. The number of ether oxygens (including phenoxy) is 1. The maximum Gasteiger partial charge on any atom is 0.293 e. The molecule has 2 aromatic carbocycles. The van der Waals surface area contributed by atoms with Gasteiger partial charge in [0.2, 0.25) is 0 Å². The van der Waals surface area contributed by atoms with Crippen molar-refractivity contribution in [3.05, 3.63) is 66.9 Å². The van der Waals surface area contributed by atoms with Gasteiger partial charge in [0.1, 0.15) is 12.4 Å². The van der Waals surface area contributed by atoms with Crippen LogP contribution >= 0.6 is 50.9 Å². The first-order valence-electron chi connectivity index (χ1n) is 8.86. The number of carbonyl (C=O) groups excluding carboxylic acids is 2. The second-order valence-electron chi connectivity index (χ2n) is 6.90. The molecule has 0 aromatic heterocycles. The molecule has 0 aliphatic carbocycles. The van der Waals surface area contributed by atoms with Gasteiger partial charge >= 0.3 is 0 Å². The Morgan fingerprint density at radius 3 is 2.59 bits per heavy atom. The summed E-state index contributed by atoms with van der Waals surface area (Å²) in [6, 6.07) is 10.7. The second-order valence-corrected chi connectivity index (χ2v) is 9.59. The van der Waals surface area contributed by atoms with Crippen molar-refractivity contribution in [1.82, 2.24) is 4.90 Å². The van der Waals surface area contributed by atoms with Gasteiger partial charge in [-0.05, 0) is 69.5 Å². The summed E-state index contributed by atoms with van der Waals surface area (Å²) in [7, 11) is 0. The smallest absolute Gasteiger partial charge is 0.293 e. The lowest BCUT2D eigenvalue weighted by Gasteiger charge is -2.14. The van der Waals surface area contributed by atoms with Crippen LogP contribution in [0.3, 0.4) is 0 Å².